The van der Waals surface area contributed by atoms with Gasteiger partial charge < -0.3 is 4.90 Å². The monoisotopic (exact) mass is 397 g/mol. The second-order valence-electron chi connectivity index (χ2n) is 8.73. The van der Waals surface area contributed by atoms with Crippen molar-refractivity contribution >= 4 is 17.2 Å². The van der Waals surface area contributed by atoms with Gasteiger partial charge >= 0.3 is 0 Å². The molecule has 2 fully saturated rings. The number of amides is 1. The fourth-order valence-corrected chi connectivity index (χ4v) is 5.72. The summed E-state index contributed by atoms with van der Waals surface area (Å²) in [5.74, 6) is 0.320. The average Bonchev–Trinajstić information content (AvgIpc) is 3.26. The molecule has 5 heteroatoms. The van der Waals surface area contributed by atoms with Gasteiger partial charge in [-0.15, -0.1) is 11.3 Å². The first-order chi connectivity index (χ1) is 13.5. The fourth-order valence-electron chi connectivity index (χ4n) is 4.94. The Morgan fingerprint density at radius 1 is 1.21 bits per heavy atom. The number of rotatable bonds is 5. The second kappa shape index (κ2) is 8.34. The Morgan fingerprint density at radius 2 is 2.11 bits per heavy atom. The maximum atomic E-state index is 12.8. The lowest BCUT2D eigenvalue weighted by atomic mass is 9.79. The Kier molecular flexibility index (Phi) is 5.83. The highest BCUT2D eigenvalue weighted by Gasteiger charge is 2.42. The van der Waals surface area contributed by atoms with Crippen LogP contribution in [-0.4, -0.2) is 46.9 Å². The molecule has 0 N–H and O–H groups in total. The van der Waals surface area contributed by atoms with Gasteiger partial charge in [-0.1, -0.05) is 29.8 Å². The van der Waals surface area contributed by atoms with Gasteiger partial charge in [-0.05, 0) is 51.6 Å². The summed E-state index contributed by atoms with van der Waals surface area (Å²) in [6, 6.07) is 8.86. The second-order valence-corrected chi connectivity index (χ2v) is 9.67. The summed E-state index contributed by atoms with van der Waals surface area (Å²) in [6.07, 6.45) is 5.11. The number of likely N-dealkylation sites (tertiary alicyclic amines) is 2. The first-order valence-corrected chi connectivity index (χ1v) is 11.4. The molecule has 1 unspecified atom stereocenters. The van der Waals surface area contributed by atoms with E-state index in [1.165, 1.54) is 35.4 Å². The predicted octanol–water partition coefficient (Wildman–Crippen LogP) is 4.21. The van der Waals surface area contributed by atoms with Crippen molar-refractivity contribution < 1.29 is 4.79 Å². The third kappa shape index (κ3) is 4.47. The standard InChI is InChI=1S/C23H31N3OS/c1-18-5-3-6-20(13-18)14-25-11-4-9-23(15-25)10-12-26(16-23)22(27)8-7-21-19(2)24-17-28-21/h3,5-6,13,17H,4,7-12,14-16H2,1-2H3. The molecule has 1 atom stereocenters. The van der Waals surface area contributed by atoms with Gasteiger partial charge in [0.05, 0.1) is 11.2 Å². The van der Waals surface area contributed by atoms with Crippen molar-refractivity contribution in [1.29, 1.82) is 0 Å². The van der Waals surface area contributed by atoms with Crippen LogP contribution in [0, 0.1) is 19.3 Å². The first kappa shape index (κ1) is 19.6. The van der Waals surface area contributed by atoms with Crippen LogP contribution in [-0.2, 0) is 17.8 Å². The maximum Gasteiger partial charge on any atom is 0.222 e. The molecule has 0 aliphatic carbocycles. The molecular weight excluding hydrogens is 366 g/mol. The lowest BCUT2D eigenvalue weighted by molar-refractivity contribution is -0.130. The lowest BCUT2D eigenvalue weighted by Crippen LogP contribution is -2.45. The van der Waals surface area contributed by atoms with Gasteiger partial charge in [0.1, 0.15) is 0 Å². The van der Waals surface area contributed by atoms with Crippen molar-refractivity contribution in [2.45, 2.75) is 52.5 Å². The van der Waals surface area contributed by atoms with Crippen molar-refractivity contribution in [3.05, 3.63) is 51.5 Å². The van der Waals surface area contributed by atoms with Crippen molar-refractivity contribution in [2.75, 3.05) is 26.2 Å². The molecule has 0 bridgehead atoms. The minimum Gasteiger partial charge on any atom is -0.342 e. The van der Waals surface area contributed by atoms with E-state index >= 15 is 0 Å². The van der Waals surface area contributed by atoms with Crippen LogP contribution in [0.2, 0.25) is 0 Å². The van der Waals surface area contributed by atoms with Crippen LogP contribution in [0.4, 0.5) is 0 Å². The van der Waals surface area contributed by atoms with Gasteiger partial charge in [0.15, 0.2) is 0 Å². The van der Waals surface area contributed by atoms with E-state index in [1.54, 1.807) is 11.3 Å². The number of carbonyl (C=O) groups is 1. The molecule has 1 aromatic heterocycles. The topological polar surface area (TPSA) is 36.4 Å². The molecule has 1 amide bonds. The van der Waals surface area contributed by atoms with Gasteiger partial charge in [0.2, 0.25) is 5.91 Å². The average molecular weight is 398 g/mol. The van der Waals surface area contributed by atoms with E-state index in [4.69, 9.17) is 0 Å². The minimum atomic E-state index is 0.304. The number of hydrogen-bond donors (Lipinski definition) is 0. The number of aryl methyl sites for hydroxylation is 3. The van der Waals surface area contributed by atoms with E-state index in [1.807, 2.05) is 12.4 Å². The highest BCUT2D eigenvalue weighted by Crippen LogP contribution is 2.39. The summed E-state index contributed by atoms with van der Waals surface area (Å²) >= 11 is 1.67. The third-order valence-corrected chi connectivity index (χ3v) is 7.43. The van der Waals surface area contributed by atoms with E-state index in [9.17, 15) is 4.79 Å². The molecule has 28 heavy (non-hydrogen) atoms. The number of hydrogen-bond acceptors (Lipinski definition) is 4. The molecule has 1 aromatic carbocycles. The highest BCUT2D eigenvalue weighted by molar-refractivity contribution is 7.09. The predicted molar refractivity (Wildman–Crippen MR) is 114 cm³/mol. The molecule has 1 spiro atoms. The molecular formula is C23H31N3OS. The van der Waals surface area contributed by atoms with Crippen LogP contribution in [0.25, 0.3) is 0 Å². The fraction of sp³-hybridized carbons (Fsp3) is 0.565. The van der Waals surface area contributed by atoms with Crippen LogP contribution in [0.15, 0.2) is 29.8 Å². The molecule has 3 heterocycles. The molecule has 2 aromatic rings. The van der Waals surface area contributed by atoms with Crippen LogP contribution in [0.3, 0.4) is 0 Å². The number of piperidine rings is 1. The molecule has 0 radical (unpaired) electrons. The Balaban J connectivity index is 1.32. The number of aromatic nitrogens is 1. The van der Waals surface area contributed by atoms with Gasteiger partial charge in [-0.3, -0.25) is 9.69 Å². The normalized spacial score (nSPS) is 22.9. The molecule has 150 valence electrons. The molecule has 4 nitrogen and oxygen atoms in total. The van der Waals surface area contributed by atoms with Crippen molar-refractivity contribution in [3.8, 4) is 0 Å². The van der Waals surface area contributed by atoms with Crippen LogP contribution in [0.5, 0.6) is 0 Å². The third-order valence-electron chi connectivity index (χ3n) is 6.43. The lowest BCUT2D eigenvalue weighted by Gasteiger charge is -2.40. The van der Waals surface area contributed by atoms with Crippen LogP contribution < -0.4 is 0 Å². The summed E-state index contributed by atoms with van der Waals surface area (Å²) in [7, 11) is 0. The Morgan fingerprint density at radius 3 is 2.89 bits per heavy atom. The van der Waals surface area contributed by atoms with Crippen molar-refractivity contribution in [3.63, 3.8) is 0 Å². The molecule has 2 saturated heterocycles. The number of thiazole rings is 1. The quantitative estimate of drug-likeness (QED) is 0.758. The minimum absolute atomic E-state index is 0.304. The van der Waals surface area contributed by atoms with Crippen LogP contribution >= 0.6 is 11.3 Å². The van der Waals surface area contributed by atoms with E-state index in [0.29, 0.717) is 17.7 Å². The first-order valence-electron chi connectivity index (χ1n) is 10.5. The molecule has 4 rings (SSSR count). The van der Waals surface area contributed by atoms with E-state index in [0.717, 1.165) is 44.7 Å². The van der Waals surface area contributed by atoms with Crippen molar-refractivity contribution in [2.24, 2.45) is 5.41 Å². The Bertz CT molecular complexity index is 833. The van der Waals surface area contributed by atoms with Crippen LogP contribution in [0.1, 0.15) is 47.4 Å². The Labute approximate surface area is 172 Å². The summed E-state index contributed by atoms with van der Waals surface area (Å²) in [5.41, 5.74) is 6.00. The van der Waals surface area contributed by atoms with E-state index in [-0.39, 0.29) is 0 Å². The molecule has 2 aliphatic heterocycles. The number of benzene rings is 1. The SMILES string of the molecule is Cc1cccc(CN2CCCC3(CCN(C(=O)CCc4scnc4C)C3)C2)c1. The van der Waals surface area contributed by atoms with Gasteiger partial charge in [-0.2, -0.15) is 0 Å². The number of nitrogens with zero attached hydrogens (tertiary/aromatic N) is 3. The zero-order chi connectivity index (χ0) is 19.6. The van der Waals surface area contributed by atoms with E-state index < -0.39 is 0 Å². The zero-order valence-electron chi connectivity index (χ0n) is 17.1. The largest absolute Gasteiger partial charge is 0.342 e. The smallest absolute Gasteiger partial charge is 0.222 e. The maximum absolute atomic E-state index is 12.8. The van der Waals surface area contributed by atoms with Crippen molar-refractivity contribution in [1.82, 2.24) is 14.8 Å². The van der Waals surface area contributed by atoms with Gasteiger partial charge in [-0.25, -0.2) is 4.98 Å². The molecule has 2 aliphatic rings. The summed E-state index contributed by atoms with van der Waals surface area (Å²) in [4.78, 5) is 23.1. The summed E-state index contributed by atoms with van der Waals surface area (Å²) < 4.78 is 0. The van der Waals surface area contributed by atoms with Gasteiger partial charge in [0.25, 0.3) is 0 Å². The Hall–Kier alpha value is -1.72. The number of carbonyl (C=O) groups excluding carboxylic acids is 1. The van der Waals surface area contributed by atoms with E-state index in [2.05, 4.69) is 46.0 Å². The summed E-state index contributed by atoms with van der Waals surface area (Å²) in [5, 5.41) is 0. The zero-order valence-corrected chi connectivity index (χ0v) is 17.9. The van der Waals surface area contributed by atoms with Gasteiger partial charge in [0, 0.05) is 42.9 Å². The highest BCUT2D eigenvalue weighted by atomic mass is 32.1. The molecule has 0 saturated carbocycles. The summed E-state index contributed by atoms with van der Waals surface area (Å²) in [6.45, 7) is 9.40.